The number of fused-ring (bicyclic) bond motifs is 1. The summed E-state index contributed by atoms with van der Waals surface area (Å²) in [5.74, 6) is -0.528. The first-order valence-corrected chi connectivity index (χ1v) is 6.27. The first-order chi connectivity index (χ1) is 9.31. The van der Waals surface area contributed by atoms with Crippen molar-refractivity contribution in [1.82, 2.24) is 9.55 Å². The number of hydrogen-bond acceptors (Lipinski definition) is 4. The molecule has 0 unspecified atom stereocenters. The van der Waals surface area contributed by atoms with Crippen LogP contribution in [0.2, 0.25) is 0 Å². The zero-order valence-electron chi connectivity index (χ0n) is 11.7. The summed E-state index contributed by atoms with van der Waals surface area (Å²) in [6.45, 7) is 3.81. The first-order valence-electron chi connectivity index (χ1n) is 6.27. The third-order valence-corrected chi connectivity index (χ3v) is 3.09. The minimum atomic E-state index is -0.847. The molecule has 0 fully saturated rings. The van der Waals surface area contributed by atoms with E-state index in [0.29, 0.717) is 23.9 Å². The molecule has 0 bridgehead atoms. The van der Waals surface area contributed by atoms with Crippen LogP contribution in [0.3, 0.4) is 0 Å². The number of hydrogen-bond donors (Lipinski definition) is 1. The van der Waals surface area contributed by atoms with Gasteiger partial charge in [0.2, 0.25) is 0 Å². The molecule has 1 heterocycles. The highest BCUT2D eigenvalue weighted by Gasteiger charge is 2.15. The van der Waals surface area contributed by atoms with E-state index in [2.05, 4.69) is 4.98 Å². The average Bonchev–Trinajstić information content (AvgIpc) is 2.36. The molecule has 1 N–H and O–H groups in total. The average molecular weight is 280 g/mol. The van der Waals surface area contributed by atoms with Gasteiger partial charge in [-0.3, -0.25) is 4.79 Å². The van der Waals surface area contributed by atoms with Crippen molar-refractivity contribution in [3.05, 3.63) is 34.6 Å². The predicted molar refractivity (Wildman–Crippen MR) is 73.4 cm³/mol. The second-order valence-electron chi connectivity index (χ2n) is 5.31. The summed E-state index contributed by atoms with van der Waals surface area (Å²) >= 11 is 0. The van der Waals surface area contributed by atoms with Crippen molar-refractivity contribution < 1.29 is 14.2 Å². The molecule has 6 heteroatoms. The molecule has 2 aromatic rings. The van der Waals surface area contributed by atoms with E-state index in [4.69, 9.17) is 4.74 Å². The Kier molecular flexibility index (Phi) is 3.76. The molecule has 20 heavy (non-hydrogen) atoms. The van der Waals surface area contributed by atoms with Crippen molar-refractivity contribution in [1.29, 1.82) is 0 Å². The minimum Gasteiger partial charge on any atom is -0.494 e. The lowest BCUT2D eigenvalue weighted by Crippen LogP contribution is -2.22. The van der Waals surface area contributed by atoms with Gasteiger partial charge in [-0.1, -0.05) is 0 Å². The molecule has 2 rings (SSSR count). The van der Waals surface area contributed by atoms with Crippen molar-refractivity contribution in [2.24, 2.45) is 0 Å². The summed E-state index contributed by atoms with van der Waals surface area (Å²) in [5.41, 5.74) is -0.842. The molecule has 0 saturated heterocycles. The Balaban J connectivity index is 2.54. The van der Waals surface area contributed by atoms with Crippen LogP contribution in [0.5, 0.6) is 5.75 Å². The Morgan fingerprint density at radius 2 is 2.15 bits per heavy atom. The van der Waals surface area contributed by atoms with Gasteiger partial charge in [-0.25, -0.2) is 4.39 Å². The van der Waals surface area contributed by atoms with E-state index in [1.54, 1.807) is 18.4 Å². The van der Waals surface area contributed by atoms with Gasteiger partial charge < -0.3 is 14.4 Å². The van der Waals surface area contributed by atoms with Gasteiger partial charge in [0.1, 0.15) is 0 Å². The zero-order valence-corrected chi connectivity index (χ0v) is 11.7. The minimum absolute atomic E-state index is 0.0108. The molecule has 1 aromatic carbocycles. The van der Waals surface area contributed by atoms with Crippen LogP contribution in [0.25, 0.3) is 10.9 Å². The van der Waals surface area contributed by atoms with Gasteiger partial charge in [0.25, 0.3) is 5.56 Å². The van der Waals surface area contributed by atoms with Crippen molar-refractivity contribution in [2.45, 2.75) is 32.4 Å². The van der Waals surface area contributed by atoms with E-state index in [1.807, 2.05) is 0 Å². The van der Waals surface area contributed by atoms with Crippen LogP contribution in [0.1, 0.15) is 20.3 Å². The van der Waals surface area contributed by atoms with E-state index in [0.717, 1.165) is 0 Å². The molecule has 1 aromatic heterocycles. The summed E-state index contributed by atoms with van der Waals surface area (Å²) in [5, 5.41) is 10.0. The maximum atomic E-state index is 13.8. The van der Waals surface area contributed by atoms with Crippen LogP contribution in [0, 0.1) is 5.82 Å². The number of aliphatic hydroxyl groups is 1. The smallest absolute Gasteiger partial charge is 0.280 e. The predicted octanol–water partition coefficient (Wildman–Crippen LogP) is 1.71. The largest absolute Gasteiger partial charge is 0.494 e. The highest BCUT2D eigenvalue weighted by molar-refractivity contribution is 5.79. The lowest BCUT2D eigenvalue weighted by atomic mass is 10.1. The SMILES string of the molecule is COc1cc2c(=O)ncn(CCC(C)(C)O)c2cc1F. The molecule has 0 saturated carbocycles. The lowest BCUT2D eigenvalue weighted by molar-refractivity contribution is 0.0664. The number of rotatable bonds is 4. The number of methoxy groups -OCH3 is 1. The Morgan fingerprint density at radius 3 is 2.75 bits per heavy atom. The number of ether oxygens (including phenoxy) is 1. The highest BCUT2D eigenvalue weighted by atomic mass is 19.1. The summed E-state index contributed by atoms with van der Waals surface area (Å²) < 4.78 is 20.3. The Bertz CT molecular complexity index is 689. The van der Waals surface area contributed by atoms with Crippen molar-refractivity contribution in [3.63, 3.8) is 0 Å². The topological polar surface area (TPSA) is 64.3 Å². The number of nitrogens with zero attached hydrogens (tertiary/aromatic N) is 2. The number of aryl methyl sites for hydroxylation is 1. The molecule has 108 valence electrons. The molecule has 0 aliphatic carbocycles. The summed E-state index contributed by atoms with van der Waals surface area (Å²) in [6.07, 6.45) is 1.82. The second kappa shape index (κ2) is 5.20. The maximum Gasteiger partial charge on any atom is 0.280 e. The third kappa shape index (κ3) is 2.96. The van der Waals surface area contributed by atoms with Gasteiger partial charge in [-0.15, -0.1) is 0 Å². The molecular formula is C14H17FN2O3. The standard InChI is InChI=1S/C14H17FN2O3/c1-14(2,19)4-5-17-8-16-13(18)9-6-12(20-3)10(15)7-11(9)17/h6-8,19H,4-5H2,1-3H3. The highest BCUT2D eigenvalue weighted by Crippen LogP contribution is 2.22. The van der Waals surface area contributed by atoms with Crippen molar-refractivity contribution in [2.75, 3.05) is 7.11 Å². The van der Waals surface area contributed by atoms with Gasteiger partial charge in [-0.2, -0.15) is 4.98 Å². The fourth-order valence-electron chi connectivity index (χ4n) is 1.93. The van der Waals surface area contributed by atoms with Crippen LogP contribution in [0.15, 0.2) is 23.3 Å². The van der Waals surface area contributed by atoms with E-state index >= 15 is 0 Å². The molecule has 0 aliphatic rings. The molecule has 0 atom stereocenters. The second-order valence-corrected chi connectivity index (χ2v) is 5.31. The molecule has 5 nitrogen and oxygen atoms in total. The van der Waals surface area contributed by atoms with Gasteiger partial charge in [0, 0.05) is 12.6 Å². The summed E-state index contributed by atoms with van der Waals surface area (Å²) in [6, 6.07) is 2.60. The fourth-order valence-corrected chi connectivity index (χ4v) is 1.93. The summed E-state index contributed by atoms with van der Waals surface area (Å²) in [4.78, 5) is 15.5. The van der Waals surface area contributed by atoms with Crippen LogP contribution in [-0.4, -0.2) is 27.4 Å². The third-order valence-electron chi connectivity index (χ3n) is 3.09. The summed E-state index contributed by atoms with van der Waals surface area (Å²) in [7, 11) is 1.34. The molecule has 0 radical (unpaired) electrons. The van der Waals surface area contributed by atoms with Crippen LogP contribution < -0.4 is 10.3 Å². The monoisotopic (exact) mass is 280 g/mol. The fraction of sp³-hybridized carbons (Fsp3) is 0.429. The van der Waals surface area contributed by atoms with Crippen LogP contribution in [0.4, 0.5) is 4.39 Å². The van der Waals surface area contributed by atoms with E-state index in [1.165, 1.54) is 25.6 Å². The molecular weight excluding hydrogens is 263 g/mol. The number of benzene rings is 1. The molecule has 0 aliphatic heterocycles. The lowest BCUT2D eigenvalue weighted by Gasteiger charge is -2.18. The van der Waals surface area contributed by atoms with Crippen molar-refractivity contribution >= 4 is 10.9 Å². The first kappa shape index (κ1) is 14.5. The molecule has 0 spiro atoms. The Hall–Kier alpha value is -1.95. The number of halogens is 1. The normalized spacial score (nSPS) is 11.8. The van der Waals surface area contributed by atoms with Crippen molar-refractivity contribution in [3.8, 4) is 5.75 Å². The van der Waals surface area contributed by atoms with Crippen LogP contribution in [-0.2, 0) is 6.54 Å². The van der Waals surface area contributed by atoms with Gasteiger partial charge in [0.15, 0.2) is 11.6 Å². The Morgan fingerprint density at radius 1 is 1.45 bits per heavy atom. The van der Waals surface area contributed by atoms with E-state index < -0.39 is 17.0 Å². The zero-order chi connectivity index (χ0) is 14.9. The van der Waals surface area contributed by atoms with Crippen LogP contribution >= 0.6 is 0 Å². The molecule has 0 amide bonds. The van der Waals surface area contributed by atoms with Gasteiger partial charge in [0.05, 0.1) is 29.9 Å². The quantitative estimate of drug-likeness (QED) is 0.926. The Labute approximate surface area is 115 Å². The van der Waals surface area contributed by atoms with E-state index in [9.17, 15) is 14.3 Å². The van der Waals surface area contributed by atoms with E-state index in [-0.39, 0.29) is 5.75 Å². The maximum absolute atomic E-state index is 13.8. The number of aromatic nitrogens is 2. The van der Waals surface area contributed by atoms with Gasteiger partial charge in [-0.05, 0) is 26.3 Å². The van der Waals surface area contributed by atoms with Gasteiger partial charge >= 0.3 is 0 Å².